The molecule has 1 amide bonds. The van der Waals surface area contributed by atoms with E-state index in [0.29, 0.717) is 27.4 Å². The Morgan fingerprint density at radius 3 is 2.38 bits per heavy atom. The summed E-state index contributed by atoms with van der Waals surface area (Å²) in [5.74, 6) is -1.10. The predicted octanol–water partition coefficient (Wildman–Crippen LogP) is 4.78. The second kappa shape index (κ2) is 8.12. The number of aryl methyl sites for hydroxylation is 3. The first kappa shape index (κ1) is 21.3. The number of benzene rings is 3. The molecule has 0 spiro atoms. The highest BCUT2D eigenvalue weighted by Crippen LogP contribution is 2.33. The lowest BCUT2D eigenvalue weighted by atomic mass is 10.1. The molecular formula is C27H21N3O4. The fourth-order valence-corrected chi connectivity index (χ4v) is 3.98. The third-order valence-corrected chi connectivity index (χ3v) is 5.78. The molecule has 0 saturated carbocycles. The van der Waals surface area contributed by atoms with Gasteiger partial charge >= 0.3 is 0 Å². The zero-order valence-corrected chi connectivity index (χ0v) is 18.9. The molecule has 2 aromatic heterocycles. The summed E-state index contributed by atoms with van der Waals surface area (Å²) < 4.78 is 7.35. The Kier molecular flexibility index (Phi) is 5.09. The second-order valence-electron chi connectivity index (χ2n) is 8.27. The molecule has 3 aromatic carbocycles. The minimum absolute atomic E-state index is 0.00754. The van der Waals surface area contributed by atoms with Gasteiger partial charge in [-0.2, -0.15) is 5.10 Å². The molecule has 34 heavy (non-hydrogen) atoms. The number of para-hydroxylation sites is 1. The Bertz CT molecular complexity index is 1660. The summed E-state index contributed by atoms with van der Waals surface area (Å²) in [6, 6.07) is 19.5. The number of carbonyl (C=O) groups is 2. The van der Waals surface area contributed by atoms with Gasteiger partial charge in [-0.1, -0.05) is 53.6 Å². The molecule has 168 valence electrons. The van der Waals surface area contributed by atoms with E-state index in [1.54, 1.807) is 55.6 Å². The van der Waals surface area contributed by atoms with E-state index in [-0.39, 0.29) is 22.9 Å². The molecule has 0 atom stereocenters. The Morgan fingerprint density at radius 2 is 1.62 bits per heavy atom. The van der Waals surface area contributed by atoms with Crippen molar-refractivity contribution in [3.63, 3.8) is 0 Å². The quantitative estimate of drug-likeness (QED) is 0.397. The Labute approximate surface area is 194 Å². The number of amides is 1. The highest BCUT2D eigenvalue weighted by molar-refractivity contribution is 6.18. The molecule has 0 aliphatic carbocycles. The Balaban J connectivity index is 1.62. The summed E-state index contributed by atoms with van der Waals surface area (Å²) >= 11 is 0. The summed E-state index contributed by atoms with van der Waals surface area (Å²) in [6.45, 7) is 3.80. The molecular weight excluding hydrogens is 430 g/mol. The van der Waals surface area contributed by atoms with Gasteiger partial charge in [0.1, 0.15) is 5.58 Å². The van der Waals surface area contributed by atoms with Crippen LogP contribution in [0.2, 0.25) is 0 Å². The number of furan rings is 1. The molecule has 0 saturated heterocycles. The van der Waals surface area contributed by atoms with Gasteiger partial charge in [0, 0.05) is 18.0 Å². The molecule has 0 unspecified atom stereocenters. The molecule has 2 heterocycles. The van der Waals surface area contributed by atoms with Crippen molar-refractivity contribution >= 4 is 39.2 Å². The fourth-order valence-electron chi connectivity index (χ4n) is 3.98. The van der Waals surface area contributed by atoms with E-state index in [2.05, 4.69) is 10.4 Å². The predicted molar refractivity (Wildman–Crippen MR) is 130 cm³/mol. The van der Waals surface area contributed by atoms with Gasteiger partial charge in [-0.25, -0.2) is 0 Å². The van der Waals surface area contributed by atoms with Crippen LogP contribution >= 0.6 is 0 Å². The number of hydrogen-bond donors (Lipinski definition) is 1. The minimum atomic E-state index is -0.714. The number of nitrogens with one attached hydrogen (secondary N) is 1. The molecule has 7 nitrogen and oxygen atoms in total. The van der Waals surface area contributed by atoms with Gasteiger partial charge < -0.3 is 9.73 Å². The van der Waals surface area contributed by atoms with Crippen molar-refractivity contribution in [1.29, 1.82) is 0 Å². The van der Waals surface area contributed by atoms with Crippen molar-refractivity contribution < 1.29 is 14.0 Å². The van der Waals surface area contributed by atoms with E-state index in [1.165, 1.54) is 4.68 Å². The third kappa shape index (κ3) is 3.57. The summed E-state index contributed by atoms with van der Waals surface area (Å²) in [4.78, 5) is 39.7. The van der Waals surface area contributed by atoms with Crippen LogP contribution in [0.15, 0.2) is 75.9 Å². The lowest BCUT2D eigenvalue weighted by molar-refractivity contribution is 0.101. The normalized spacial score (nSPS) is 11.1. The first-order chi connectivity index (χ1) is 16.3. The molecule has 7 heteroatoms. The smallest absolute Gasteiger partial charge is 0.280 e. The number of hydrogen-bond acceptors (Lipinski definition) is 5. The van der Waals surface area contributed by atoms with E-state index >= 15 is 0 Å². The Hall–Kier alpha value is -4.52. The standard InChI is InChI=1S/C27H21N3O4/c1-15-8-11-17(12-9-15)24(31)26-22(18-6-4-5-7-21(18)34-26)28-27(33)23-25(32)19-14-16(2)10-13-20(19)30(3)29-23/h4-14H,1-3H3,(H,28,33). The largest absolute Gasteiger partial charge is 0.450 e. The Morgan fingerprint density at radius 1 is 0.912 bits per heavy atom. The van der Waals surface area contributed by atoms with Gasteiger partial charge in [0.15, 0.2) is 11.5 Å². The minimum Gasteiger partial charge on any atom is -0.450 e. The number of fused-ring (bicyclic) bond motifs is 2. The molecule has 5 rings (SSSR count). The molecule has 0 aliphatic rings. The molecule has 5 aromatic rings. The zero-order chi connectivity index (χ0) is 24.0. The van der Waals surface area contributed by atoms with Gasteiger partial charge in [-0.3, -0.25) is 19.1 Å². The lowest BCUT2D eigenvalue weighted by Crippen LogP contribution is -2.27. The van der Waals surface area contributed by atoms with E-state index in [0.717, 1.165) is 11.1 Å². The highest BCUT2D eigenvalue weighted by atomic mass is 16.3. The van der Waals surface area contributed by atoms with Gasteiger partial charge in [0.05, 0.1) is 16.6 Å². The number of anilines is 1. The SMILES string of the molecule is Cc1ccc(C(=O)c2oc3ccccc3c2NC(=O)c2nn(C)c3ccc(C)cc3c2=O)cc1. The summed E-state index contributed by atoms with van der Waals surface area (Å²) in [5.41, 5.74) is 2.87. The number of ketones is 1. The van der Waals surface area contributed by atoms with E-state index in [9.17, 15) is 14.4 Å². The van der Waals surface area contributed by atoms with Crippen LogP contribution in [0.3, 0.4) is 0 Å². The molecule has 0 bridgehead atoms. The van der Waals surface area contributed by atoms with E-state index in [1.807, 2.05) is 32.0 Å². The van der Waals surface area contributed by atoms with Crippen molar-refractivity contribution in [2.75, 3.05) is 5.32 Å². The maximum Gasteiger partial charge on any atom is 0.280 e. The summed E-state index contributed by atoms with van der Waals surface area (Å²) in [5, 5.41) is 7.89. The average molecular weight is 451 g/mol. The number of nitrogens with zero attached hydrogens (tertiary/aromatic N) is 2. The molecule has 0 fully saturated rings. The number of aromatic nitrogens is 2. The zero-order valence-electron chi connectivity index (χ0n) is 18.9. The van der Waals surface area contributed by atoms with Crippen molar-refractivity contribution in [1.82, 2.24) is 9.78 Å². The maximum atomic E-state index is 13.3. The highest BCUT2D eigenvalue weighted by Gasteiger charge is 2.25. The maximum absolute atomic E-state index is 13.3. The van der Waals surface area contributed by atoms with Crippen LogP contribution in [0.1, 0.15) is 37.7 Å². The van der Waals surface area contributed by atoms with Crippen LogP contribution in [0.5, 0.6) is 0 Å². The van der Waals surface area contributed by atoms with Gasteiger partial charge in [0.25, 0.3) is 5.91 Å². The van der Waals surface area contributed by atoms with Crippen LogP contribution < -0.4 is 10.7 Å². The van der Waals surface area contributed by atoms with E-state index in [4.69, 9.17) is 4.42 Å². The van der Waals surface area contributed by atoms with Crippen LogP contribution in [-0.4, -0.2) is 21.5 Å². The number of carbonyl (C=O) groups excluding carboxylic acids is 2. The first-order valence-electron chi connectivity index (χ1n) is 10.8. The van der Waals surface area contributed by atoms with Crippen molar-refractivity contribution in [3.05, 3.63) is 105 Å². The van der Waals surface area contributed by atoms with Crippen LogP contribution in [0.25, 0.3) is 21.9 Å². The lowest BCUT2D eigenvalue weighted by Gasteiger charge is -2.09. The van der Waals surface area contributed by atoms with Gasteiger partial charge in [-0.15, -0.1) is 0 Å². The molecule has 0 radical (unpaired) electrons. The van der Waals surface area contributed by atoms with Gasteiger partial charge in [-0.05, 0) is 38.1 Å². The van der Waals surface area contributed by atoms with Crippen molar-refractivity contribution in [3.8, 4) is 0 Å². The van der Waals surface area contributed by atoms with Crippen LogP contribution in [0, 0.1) is 13.8 Å². The number of rotatable bonds is 4. The van der Waals surface area contributed by atoms with Crippen LogP contribution in [0.4, 0.5) is 5.69 Å². The third-order valence-electron chi connectivity index (χ3n) is 5.78. The van der Waals surface area contributed by atoms with Gasteiger partial charge in [0.2, 0.25) is 11.2 Å². The van der Waals surface area contributed by atoms with Crippen molar-refractivity contribution in [2.45, 2.75) is 13.8 Å². The van der Waals surface area contributed by atoms with Crippen molar-refractivity contribution in [2.24, 2.45) is 7.05 Å². The topological polar surface area (TPSA) is 94.2 Å². The monoisotopic (exact) mass is 451 g/mol. The van der Waals surface area contributed by atoms with E-state index < -0.39 is 11.3 Å². The summed E-state index contributed by atoms with van der Waals surface area (Å²) in [6.07, 6.45) is 0. The second-order valence-corrected chi connectivity index (χ2v) is 8.27. The average Bonchev–Trinajstić information content (AvgIpc) is 3.19. The first-order valence-corrected chi connectivity index (χ1v) is 10.8. The molecule has 1 N–H and O–H groups in total. The fraction of sp³-hybridized carbons (Fsp3) is 0.111. The summed E-state index contributed by atoms with van der Waals surface area (Å²) in [7, 11) is 1.67. The van der Waals surface area contributed by atoms with Crippen LogP contribution in [-0.2, 0) is 7.05 Å². The molecule has 0 aliphatic heterocycles.